The maximum atomic E-state index is 12.7. The summed E-state index contributed by atoms with van der Waals surface area (Å²) in [6.45, 7) is 3.54. The molecule has 0 fully saturated rings. The number of hydrogen-bond acceptors (Lipinski definition) is 7. The van der Waals surface area contributed by atoms with Crippen LogP contribution >= 0.6 is 0 Å². The van der Waals surface area contributed by atoms with Crippen LogP contribution in [0.5, 0.6) is 11.5 Å². The minimum atomic E-state index is -4.13. The van der Waals surface area contributed by atoms with Crippen LogP contribution in [-0.4, -0.2) is 22.9 Å². The van der Waals surface area contributed by atoms with Crippen LogP contribution in [-0.2, 0) is 20.2 Å². The molecule has 4 aromatic rings. The van der Waals surface area contributed by atoms with E-state index < -0.39 is 26.3 Å². The van der Waals surface area contributed by atoms with E-state index in [1.807, 2.05) is 0 Å². The lowest BCUT2D eigenvalue weighted by Crippen LogP contribution is -2.20. The number of nitrogens with one attached hydrogen (secondary N) is 2. The van der Waals surface area contributed by atoms with E-state index in [1.165, 1.54) is 60.7 Å². The molecule has 0 atom stereocenters. The van der Waals surface area contributed by atoms with Crippen molar-refractivity contribution in [1.82, 2.24) is 0 Å². The quantitative estimate of drug-likeness (QED) is 0.277. The van der Waals surface area contributed by atoms with Gasteiger partial charge in [0.1, 0.15) is 15.5 Å². The zero-order valence-corrected chi connectivity index (χ0v) is 22.0. The summed E-state index contributed by atoms with van der Waals surface area (Å²) >= 11 is 0. The van der Waals surface area contributed by atoms with Crippen molar-refractivity contribution >= 4 is 37.6 Å². The average Bonchev–Trinajstić information content (AvgIpc) is 2.86. The van der Waals surface area contributed by atoms with Gasteiger partial charge in [0.15, 0.2) is 5.75 Å². The Kier molecular flexibility index (Phi) is 7.70. The monoisotopic (exact) mass is 552 g/mol. The van der Waals surface area contributed by atoms with Crippen molar-refractivity contribution in [3.8, 4) is 11.5 Å². The standard InChI is InChI=1S/C27H24N2O7S2/c1-19-7-5-9-23(17-19)37(31,32)35-22-15-13-21(14-16-22)28-27(30)29-25-11-3-4-12-26(25)36-38(33,34)24-10-6-8-20(2)18-24/h3-18H,1-2H3,(H2,28,29,30). The topological polar surface area (TPSA) is 128 Å². The highest BCUT2D eigenvalue weighted by molar-refractivity contribution is 7.87. The van der Waals surface area contributed by atoms with Crippen molar-refractivity contribution in [1.29, 1.82) is 0 Å². The maximum absolute atomic E-state index is 12.7. The van der Waals surface area contributed by atoms with Gasteiger partial charge >= 0.3 is 26.3 Å². The molecule has 38 heavy (non-hydrogen) atoms. The van der Waals surface area contributed by atoms with Gasteiger partial charge < -0.3 is 19.0 Å². The summed E-state index contributed by atoms with van der Waals surface area (Å²) in [4.78, 5) is 12.6. The second kappa shape index (κ2) is 11.0. The highest BCUT2D eigenvalue weighted by Gasteiger charge is 2.20. The first-order valence-corrected chi connectivity index (χ1v) is 14.1. The van der Waals surface area contributed by atoms with Gasteiger partial charge in [-0.15, -0.1) is 0 Å². The first-order chi connectivity index (χ1) is 18.0. The van der Waals surface area contributed by atoms with Crippen LogP contribution in [0, 0.1) is 13.8 Å². The number of anilines is 2. The Labute approximate surface area is 221 Å². The number of hydrogen-bond donors (Lipinski definition) is 2. The van der Waals surface area contributed by atoms with Gasteiger partial charge in [0, 0.05) is 5.69 Å². The third-order valence-corrected chi connectivity index (χ3v) is 7.68. The first-order valence-electron chi connectivity index (χ1n) is 11.3. The zero-order valence-electron chi connectivity index (χ0n) is 20.4. The van der Waals surface area contributed by atoms with E-state index >= 15 is 0 Å². The van der Waals surface area contributed by atoms with Crippen LogP contribution in [0.2, 0.25) is 0 Å². The Hall–Kier alpha value is -4.35. The molecule has 4 rings (SSSR count). The van der Waals surface area contributed by atoms with Gasteiger partial charge in [-0.05, 0) is 85.6 Å². The third kappa shape index (κ3) is 6.69. The SMILES string of the molecule is Cc1cccc(S(=O)(=O)Oc2ccc(NC(=O)Nc3ccccc3OS(=O)(=O)c3cccc(C)c3)cc2)c1. The lowest BCUT2D eigenvalue weighted by atomic mass is 10.2. The van der Waals surface area contributed by atoms with Crippen LogP contribution in [0.1, 0.15) is 11.1 Å². The van der Waals surface area contributed by atoms with Gasteiger partial charge in [0.05, 0.1) is 5.69 Å². The Bertz CT molecular complexity index is 1680. The summed E-state index contributed by atoms with van der Waals surface area (Å²) < 4.78 is 60.9. The van der Waals surface area contributed by atoms with Crippen molar-refractivity contribution in [2.45, 2.75) is 23.6 Å². The smallest absolute Gasteiger partial charge is 0.339 e. The number of urea groups is 1. The molecule has 0 spiro atoms. The number of para-hydroxylation sites is 2. The van der Waals surface area contributed by atoms with Gasteiger partial charge in [-0.1, -0.05) is 36.4 Å². The molecule has 9 nitrogen and oxygen atoms in total. The molecular formula is C27H24N2O7S2. The number of carbonyl (C=O) groups is 1. The Morgan fingerprint density at radius 3 is 1.76 bits per heavy atom. The highest BCUT2D eigenvalue weighted by atomic mass is 32.2. The summed E-state index contributed by atoms with van der Waals surface area (Å²) in [6.07, 6.45) is 0. The van der Waals surface area contributed by atoms with E-state index in [9.17, 15) is 21.6 Å². The van der Waals surface area contributed by atoms with E-state index in [0.717, 1.165) is 11.1 Å². The molecule has 2 amide bonds. The zero-order chi connectivity index (χ0) is 27.3. The van der Waals surface area contributed by atoms with Gasteiger partial charge in [-0.2, -0.15) is 16.8 Å². The lowest BCUT2D eigenvalue weighted by Gasteiger charge is -2.13. The number of benzene rings is 4. The predicted molar refractivity (Wildman–Crippen MR) is 144 cm³/mol. The van der Waals surface area contributed by atoms with Crippen LogP contribution in [0.15, 0.2) is 107 Å². The largest absolute Gasteiger partial charge is 0.379 e. The molecule has 0 saturated heterocycles. The van der Waals surface area contributed by atoms with E-state index in [-0.39, 0.29) is 27.0 Å². The van der Waals surface area contributed by atoms with Gasteiger partial charge in [-0.25, -0.2) is 4.79 Å². The molecular weight excluding hydrogens is 528 g/mol. The molecule has 0 aliphatic carbocycles. The molecule has 0 unspecified atom stereocenters. The summed E-state index contributed by atoms with van der Waals surface area (Å²) in [6, 6.07) is 23.8. The molecule has 0 saturated carbocycles. The summed E-state index contributed by atoms with van der Waals surface area (Å²) in [5, 5.41) is 5.15. The Balaban J connectivity index is 1.42. The number of amides is 2. The summed E-state index contributed by atoms with van der Waals surface area (Å²) in [7, 11) is -8.15. The number of rotatable bonds is 8. The van der Waals surface area contributed by atoms with Crippen LogP contribution in [0.25, 0.3) is 0 Å². The van der Waals surface area contributed by atoms with E-state index in [4.69, 9.17) is 8.37 Å². The molecule has 0 aromatic heterocycles. The third-order valence-electron chi connectivity index (χ3n) is 5.21. The van der Waals surface area contributed by atoms with E-state index in [1.54, 1.807) is 50.2 Å². The van der Waals surface area contributed by atoms with Crippen molar-refractivity contribution in [3.63, 3.8) is 0 Å². The van der Waals surface area contributed by atoms with Crippen molar-refractivity contribution in [3.05, 3.63) is 108 Å². The van der Waals surface area contributed by atoms with Crippen LogP contribution < -0.4 is 19.0 Å². The van der Waals surface area contributed by atoms with Crippen molar-refractivity contribution in [2.24, 2.45) is 0 Å². The van der Waals surface area contributed by atoms with Gasteiger partial charge in [0.25, 0.3) is 0 Å². The predicted octanol–water partition coefficient (Wildman–Crippen LogP) is 5.48. The molecule has 11 heteroatoms. The van der Waals surface area contributed by atoms with Gasteiger partial charge in [0.2, 0.25) is 0 Å². The van der Waals surface area contributed by atoms with Crippen molar-refractivity contribution in [2.75, 3.05) is 10.6 Å². The molecule has 0 aliphatic heterocycles. The van der Waals surface area contributed by atoms with Gasteiger partial charge in [-0.3, -0.25) is 0 Å². The Morgan fingerprint density at radius 2 is 1.18 bits per heavy atom. The minimum Gasteiger partial charge on any atom is -0.379 e. The molecule has 0 bridgehead atoms. The fourth-order valence-corrected chi connectivity index (χ4v) is 5.49. The number of aryl methyl sites for hydroxylation is 2. The highest BCUT2D eigenvalue weighted by Crippen LogP contribution is 2.28. The fraction of sp³-hybridized carbons (Fsp3) is 0.0741. The average molecular weight is 553 g/mol. The maximum Gasteiger partial charge on any atom is 0.339 e. The first kappa shape index (κ1) is 26.7. The van der Waals surface area contributed by atoms with Crippen molar-refractivity contribution < 1.29 is 30.0 Å². The summed E-state index contributed by atoms with van der Waals surface area (Å²) in [5.74, 6) is 0.00632. The second-order valence-corrected chi connectivity index (χ2v) is 11.4. The minimum absolute atomic E-state index is 0.0107. The molecule has 4 aromatic carbocycles. The number of carbonyl (C=O) groups excluding carboxylic acids is 1. The molecule has 2 N–H and O–H groups in total. The fourth-order valence-electron chi connectivity index (χ4n) is 3.40. The summed E-state index contributed by atoms with van der Waals surface area (Å²) in [5.41, 5.74) is 2.00. The molecule has 0 radical (unpaired) electrons. The van der Waals surface area contributed by atoms with Crippen LogP contribution in [0.3, 0.4) is 0 Å². The van der Waals surface area contributed by atoms with Crippen LogP contribution in [0.4, 0.5) is 16.2 Å². The molecule has 196 valence electrons. The normalized spacial score (nSPS) is 11.4. The molecule has 0 aliphatic rings. The van der Waals surface area contributed by atoms with E-state index in [0.29, 0.717) is 5.69 Å². The van der Waals surface area contributed by atoms with E-state index in [2.05, 4.69) is 10.6 Å². The molecule has 0 heterocycles. The second-order valence-electron chi connectivity index (χ2n) is 8.31. The lowest BCUT2D eigenvalue weighted by molar-refractivity contribution is 0.262. The Morgan fingerprint density at radius 1 is 0.632 bits per heavy atom.